The van der Waals surface area contributed by atoms with E-state index in [1.807, 2.05) is 6.92 Å². The van der Waals surface area contributed by atoms with E-state index in [0.717, 1.165) is 5.56 Å². The lowest BCUT2D eigenvalue weighted by Crippen LogP contribution is -2.09. The van der Waals surface area contributed by atoms with Gasteiger partial charge in [0.25, 0.3) is 0 Å². The lowest BCUT2D eigenvalue weighted by atomic mass is 9.98. The predicted octanol–water partition coefficient (Wildman–Crippen LogP) is 3.84. The Morgan fingerprint density at radius 3 is 2.11 bits per heavy atom. The quantitative estimate of drug-likeness (QED) is 0.670. The van der Waals surface area contributed by atoms with Gasteiger partial charge in [-0.05, 0) is 24.6 Å². The van der Waals surface area contributed by atoms with Crippen LogP contribution in [0.5, 0.6) is 0 Å². The Balaban J connectivity index is 2.12. The Morgan fingerprint density at radius 2 is 1.57 bits per heavy atom. The van der Waals surface area contributed by atoms with Gasteiger partial charge in [0.2, 0.25) is 0 Å². The number of sulfone groups is 1. The molecular formula is C19H17F3N2O3S. The van der Waals surface area contributed by atoms with E-state index in [1.165, 1.54) is 24.3 Å². The van der Waals surface area contributed by atoms with Crippen LogP contribution in [-0.4, -0.2) is 36.1 Å². The number of hydrogen-bond donors (Lipinski definition) is 2. The number of H-pyrrole nitrogens is 1. The molecule has 0 bridgehead atoms. The van der Waals surface area contributed by atoms with E-state index in [0.29, 0.717) is 11.1 Å². The molecule has 2 N–H and O–H groups in total. The molecule has 0 radical (unpaired) electrons. The van der Waals surface area contributed by atoms with Crippen LogP contribution in [0.25, 0.3) is 22.4 Å². The summed E-state index contributed by atoms with van der Waals surface area (Å²) in [7, 11) is -3.65. The van der Waals surface area contributed by atoms with Crippen LogP contribution in [-0.2, 0) is 16.0 Å². The predicted molar refractivity (Wildman–Crippen MR) is 98.3 cm³/mol. The Kier molecular flexibility index (Phi) is 5.31. The van der Waals surface area contributed by atoms with Gasteiger partial charge >= 0.3 is 6.18 Å². The van der Waals surface area contributed by atoms with Crippen molar-refractivity contribution in [1.29, 1.82) is 0 Å². The normalized spacial score (nSPS) is 12.3. The second kappa shape index (κ2) is 7.40. The summed E-state index contributed by atoms with van der Waals surface area (Å²) >= 11 is 0. The molecule has 0 atom stereocenters. The first kappa shape index (κ1) is 20.1. The number of aliphatic hydroxyl groups excluding tert-OH is 1. The molecule has 148 valence electrons. The molecule has 1 heterocycles. The molecule has 0 aliphatic rings. The molecule has 0 amide bonds. The van der Waals surface area contributed by atoms with Gasteiger partial charge in [-0.25, -0.2) is 8.42 Å². The fourth-order valence-corrected chi connectivity index (χ4v) is 3.85. The summed E-state index contributed by atoms with van der Waals surface area (Å²) in [4.78, 5) is -0.0160. The summed E-state index contributed by atoms with van der Waals surface area (Å²) in [5.41, 5.74) is 0.616. The van der Waals surface area contributed by atoms with Gasteiger partial charge in [-0.1, -0.05) is 42.0 Å². The minimum atomic E-state index is -4.65. The smallest absolute Gasteiger partial charge is 0.395 e. The van der Waals surface area contributed by atoms with Gasteiger partial charge in [0.15, 0.2) is 15.5 Å². The molecule has 3 aromatic rings. The maximum atomic E-state index is 13.5. The van der Waals surface area contributed by atoms with Crippen molar-refractivity contribution in [1.82, 2.24) is 10.2 Å². The standard InChI is InChI=1S/C19H17F3N2O3S/c1-12-2-4-13(5-3-12)16-17(23-24-18(16)19(20,21)22)14-6-8-15(9-7-14)28(26,27)11-10-25/h2-9,25H,10-11H2,1H3,(H,23,24). The Bertz CT molecular complexity index is 1070. The highest BCUT2D eigenvalue weighted by molar-refractivity contribution is 7.91. The zero-order chi connectivity index (χ0) is 20.5. The van der Waals surface area contributed by atoms with E-state index < -0.39 is 34.1 Å². The van der Waals surface area contributed by atoms with Crippen LogP contribution in [0.3, 0.4) is 0 Å². The lowest BCUT2D eigenvalue weighted by Gasteiger charge is -2.10. The number of aromatic nitrogens is 2. The number of rotatable bonds is 5. The van der Waals surface area contributed by atoms with Crippen molar-refractivity contribution >= 4 is 9.84 Å². The van der Waals surface area contributed by atoms with Crippen molar-refractivity contribution in [2.75, 3.05) is 12.4 Å². The Hall–Kier alpha value is -2.65. The summed E-state index contributed by atoms with van der Waals surface area (Å²) in [5, 5.41) is 14.8. The first-order chi connectivity index (χ1) is 13.1. The second-order valence-electron chi connectivity index (χ2n) is 6.25. The minimum Gasteiger partial charge on any atom is -0.395 e. The van der Waals surface area contributed by atoms with Gasteiger partial charge in [0.1, 0.15) is 0 Å². The summed E-state index contributed by atoms with van der Waals surface area (Å²) in [6.45, 7) is 1.31. The fraction of sp³-hybridized carbons (Fsp3) is 0.211. The Morgan fingerprint density at radius 1 is 1.00 bits per heavy atom. The van der Waals surface area contributed by atoms with Gasteiger partial charge in [0, 0.05) is 11.1 Å². The zero-order valence-electron chi connectivity index (χ0n) is 14.8. The van der Waals surface area contributed by atoms with E-state index in [1.54, 1.807) is 24.3 Å². The molecule has 28 heavy (non-hydrogen) atoms. The van der Waals surface area contributed by atoms with E-state index in [9.17, 15) is 21.6 Å². The number of hydrogen-bond acceptors (Lipinski definition) is 4. The van der Waals surface area contributed by atoms with Gasteiger partial charge in [-0.15, -0.1) is 0 Å². The minimum absolute atomic E-state index is 0.0160. The Labute approximate surface area is 159 Å². The van der Waals surface area contributed by atoms with Crippen molar-refractivity contribution < 1.29 is 26.7 Å². The average molecular weight is 410 g/mol. The lowest BCUT2D eigenvalue weighted by molar-refractivity contribution is -0.140. The number of alkyl halides is 3. The van der Waals surface area contributed by atoms with Crippen LogP contribution in [0.15, 0.2) is 53.4 Å². The molecule has 0 spiro atoms. The monoisotopic (exact) mass is 410 g/mol. The third kappa shape index (κ3) is 3.95. The molecule has 0 saturated carbocycles. The maximum Gasteiger partial charge on any atom is 0.435 e. The third-order valence-electron chi connectivity index (χ3n) is 4.24. The van der Waals surface area contributed by atoms with Crippen molar-refractivity contribution in [2.45, 2.75) is 18.0 Å². The summed E-state index contributed by atoms with van der Waals surface area (Å²) in [5.74, 6) is -0.427. The van der Waals surface area contributed by atoms with E-state index >= 15 is 0 Å². The molecule has 0 fully saturated rings. The molecule has 9 heteroatoms. The van der Waals surface area contributed by atoms with Crippen LogP contribution < -0.4 is 0 Å². The highest BCUT2D eigenvalue weighted by Gasteiger charge is 2.38. The SMILES string of the molecule is Cc1ccc(-c2c(C(F)(F)F)n[nH]c2-c2ccc(S(=O)(=O)CCO)cc2)cc1. The molecule has 2 aromatic carbocycles. The number of aromatic amines is 1. The van der Waals surface area contributed by atoms with Crippen molar-refractivity contribution in [2.24, 2.45) is 0 Å². The van der Waals surface area contributed by atoms with E-state index in [4.69, 9.17) is 5.11 Å². The molecular weight excluding hydrogens is 393 g/mol. The topological polar surface area (TPSA) is 83.0 Å². The second-order valence-corrected chi connectivity index (χ2v) is 8.36. The van der Waals surface area contributed by atoms with E-state index in [-0.39, 0.29) is 16.2 Å². The molecule has 0 aliphatic carbocycles. The summed E-state index contributed by atoms with van der Waals surface area (Å²) < 4.78 is 64.4. The zero-order valence-corrected chi connectivity index (χ0v) is 15.6. The number of benzene rings is 2. The van der Waals surface area contributed by atoms with Crippen LogP contribution in [0.1, 0.15) is 11.3 Å². The number of halogens is 3. The largest absolute Gasteiger partial charge is 0.435 e. The van der Waals surface area contributed by atoms with E-state index in [2.05, 4.69) is 10.2 Å². The molecule has 0 aliphatic heterocycles. The van der Waals surface area contributed by atoms with Crippen LogP contribution >= 0.6 is 0 Å². The highest BCUT2D eigenvalue weighted by atomic mass is 32.2. The van der Waals surface area contributed by atoms with Crippen molar-refractivity contribution in [3.8, 4) is 22.4 Å². The maximum absolute atomic E-state index is 13.5. The first-order valence-corrected chi connectivity index (χ1v) is 9.95. The third-order valence-corrected chi connectivity index (χ3v) is 5.95. The average Bonchev–Trinajstić information content (AvgIpc) is 3.08. The first-order valence-electron chi connectivity index (χ1n) is 8.30. The summed E-state index contributed by atoms with van der Waals surface area (Å²) in [6.07, 6.45) is -4.65. The number of aryl methyl sites for hydroxylation is 1. The molecule has 0 saturated heterocycles. The van der Waals surface area contributed by atoms with Crippen LogP contribution in [0.2, 0.25) is 0 Å². The van der Waals surface area contributed by atoms with Gasteiger partial charge in [0.05, 0.1) is 22.9 Å². The van der Waals surface area contributed by atoms with Gasteiger partial charge in [-0.2, -0.15) is 18.3 Å². The summed E-state index contributed by atoms with van der Waals surface area (Å²) in [6, 6.07) is 12.0. The number of nitrogens with one attached hydrogen (secondary N) is 1. The van der Waals surface area contributed by atoms with Crippen molar-refractivity contribution in [3.05, 3.63) is 59.8 Å². The fourth-order valence-electron chi connectivity index (χ4n) is 2.82. The van der Waals surface area contributed by atoms with Crippen molar-refractivity contribution in [3.63, 3.8) is 0 Å². The molecule has 5 nitrogen and oxygen atoms in total. The van der Waals surface area contributed by atoms with Gasteiger partial charge in [-0.3, -0.25) is 5.10 Å². The number of nitrogens with zero attached hydrogens (tertiary/aromatic N) is 1. The van der Waals surface area contributed by atoms with Gasteiger partial charge < -0.3 is 5.11 Å². The number of aliphatic hydroxyl groups is 1. The molecule has 0 unspecified atom stereocenters. The molecule has 3 rings (SSSR count). The highest BCUT2D eigenvalue weighted by Crippen LogP contribution is 2.41. The molecule has 1 aromatic heterocycles. The van der Waals surface area contributed by atoms with Crippen LogP contribution in [0.4, 0.5) is 13.2 Å². The van der Waals surface area contributed by atoms with Crippen LogP contribution in [0, 0.1) is 6.92 Å².